The summed E-state index contributed by atoms with van der Waals surface area (Å²) in [6, 6.07) is 7.01. The van der Waals surface area contributed by atoms with Crippen molar-refractivity contribution < 1.29 is 17.9 Å². The lowest BCUT2D eigenvalue weighted by Crippen LogP contribution is -2.40. The van der Waals surface area contributed by atoms with E-state index in [9.17, 15) is 8.42 Å². The molecule has 2 rings (SSSR count). The Morgan fingerprint density at radius 1 is 1.32 bits per heavy atom. The lowest BCUT2D eigenvalue weighted by molar-refractivity contribution is 0.138. The third kappa shape index (κ3) is 4.39. The Kier molecular flexibility index (Phi) is 6.21. The topological polar surface area (TPSA) is 73.7 Å². The first-order valence-electron chi connectivity index (χ1n) is 7.93. The van der Waals surface area contributed by atoms with Crippen molar-refractivity contribution in [1.29, 1.82) is 0 Å². The summed E-state index contributed by atoms with van der Waals surface area (Å²) in [5.74, 6) is 1.32. The maximum absolute atomic E-state index is 13.1. The Hall–Kier alpha value is -1.90. The average molecular weight is 367 g/mol. The fourth-order valence-electron chi connectivity index (χ4n) is 2.52. The lowest BCUT2D eigenvalue weighted by atomic mass is 10.2. The van der Waals surface area contributed by atoms with Crippen molar-refractivity contribution in [3.8, 4) is 5.75 Å². The van der Waals surface area contributed by atoms with Crippen molar-refractivity contribution in [3.63, 3.8) is 0 Å². The summed E-state index contributed by atoms with van der Waals surface area (Å²) in [6.45, 7) is 4.08. The van der Waals surface area contributed by atoms with Gasteiger partial charge < -0.3 is 14.0 Å². The molecule has 0 aliphatic rings. The van der Waals surface area contributed by atoms with Crippen LogP contribution >= 0.6 is 0 Å². The van der Waals surface area contributed by atoms with Gasteiger partial charge in [-0.15, -0.1) is 0 Å². The van der Waals surface area contributed by atoms with E-state index in [0.717, 1.165) is 5.56 Å². The van der Waals surface area contributed by atoms with Crippen LogP contribution in [0.1, 0.15) is 18.3 Å². The quantitative estimate of drug-likeness (QED) is 0.713. The van der Waals surface area contributed by atoms with Crippen LogP contribution < -0.4 is 4.74 Å². The Morgan fingerprint density at radius 3 is 2.60 bits per heavy atom. The fraction of sp³-hybridized carbons (Fsp3) is 0.471. The molecule has 1 aromatic heterocycles. The molecule has 0 bridgehead atoms. The summed E-state index contributed by atoms with van der Waals surface area (Å²) in [5, 5.41) is 0.0401. The first-order valence-corrected chi connectivity index (χ1v) is 9.37. The van der Waals surface area contributed by atoms with Gasteiger partial charge in [0.25, 0.3) is 10.0 Å². The number of sulfonamides is 1. The van der Waals surface area contributed by atoms with Gasteiger partial charge in [0.1, 0.15) is 11.6 Å². The van der Waals surface area contributed by atoms with Crippen molar-refractivity contribution in [3.05, 3.63) is 41.9 Å². The largest absolute Gasteiger partial charge is 0.497 e. The Balaban J connectivity index is 2.41. The number of hydrogen-bond acceptors (Lipinski definition) is 5. The zero-order valence-electron chi connectivity index (χ0n) is 15.3. The van der Waals surface area contributed by atoms with E-state index in [-0.39, 0.29) is 24.2 Å². The summed E-state index contributed by atoms with van der Waals surface area (Å²) in [4.78, 5) is 4.19. The second-order valence-corrected chi connectivity index (χ2v) is 7.78. The Bertz CT molecular complexity index is 798. The highest BCUT2D eigenvalue weighted by molar-refractivity contribution is 7.89. The van der Waals surface area contributed by atoms with Gasteiger partial charge in [-0.1, -0.05) is 12.1 Å². The van der Waals surface area contributed by atoms with E-state index in [1.165, 1.54) is 10.5 Å². The smallest absolute Gasteiger partial charge is 0.262 e. The minimum Gasteiger partial charge on any atom is -0.497 e. The molecular formula is C17H25N3O4S. The molecule has 0 aliphatic carbocycles. The molecule has 7 nitrogen and oxygen atoms in total. The highest BCUT2D eigenvalue weighted by Gasteiger charge is 2.31. The van der Waals surface area contributed by atoms with E-state index >= 15 is 0 Å². The van der Waals surface area contributed by atoms with Crippen LogP contribution in [0.5, 0.6) is 5.75 Å². The van der Waals surface area contributed by atoms with Crippen LogP contribution in [0.25, 0.3) is 0 Å². The van der Waals surface area contributed by atoms with Crippen molar-refractivity contribution >= 4 is 10.0 Å². The van der Waals surface area contributed by atoms with Crippen LogP contribution in [0.4, 0.5) is 0 Å². The first-order chi connectivity index (χ1) is 11.8. The fourth-order valence-corrected chi connectivity index (χ4v) is 4.16. The summed E-state index contributed by atoms with van der Waals surface area (Å²) < 4.78 is 39.8. The van der Waals surface area contributed by atoms with Crippen molar-refractivity contribution in [1.82, 2.24) is 13.9 Å². The normalized spacial score (nSPS) is 13.2. The third-order valence-corrected chi connectivity index (χ3v) is 5.86. The Labute approximate surface area is 149 Å². The molecular weight excluding hydrogens is 342 g/mol. The molecule has 0 aliphatic heterocycles. The predicted molar refractivity (Wildman–Crippen MR) is 95.0 cm³/mol. The molecule has 1 heterocycles. The average Bonchev–Trinajstić information content (AvgIpc) is 2.93. The number of ether oxygens (including phenoxy) is 2. The number of imidazole rings is 1. The molecule has 0 fully saturated rings. The molecule has 25 heavy (non-hydrogen) atoms. The molecule has 0 saturated carbocycles. The molecule has 2 aromatic rings. The van der Waals surface area contributed by atoms with Gasteiger partial charge in [0.05, 0.1) is 13.7 Å². The molecule has 0 amide bonds. The van der Waals surface area contributed by atoms with Crippen LogP contribution in [-0.4, -0.2) is 49.1 Å². The maximum Gasteiger partial charge on any atom is 0.262 e. The van der Waals surface area contributed by atoms with Crippen molar-refractivity contribution in [2.24, 2.45) is 7.05 Å². The molecule has 0 saturated heterocycles. The van der Waals surface area contributed by atoms with Gasteiger partial charge >= 0.3 is 0 Å². The van der Waals surface area contributed by atoms with Gasteiger partial charge in [-0.2, -0.15) is 4.31 Å². The number of benzene rings is 1. The number of aryl methyl sites for hydroxylation is 2. The molecule has 0 N–H and O–H groups in total. The molecule has 0 spiro atoms. The summed E-state index contributed by atoms with van der Waals surface area (Å²) in [7, 11) is 1.14. The van der Waals surface area contributed by atoms with E-state index < -0.39 is 10.0 Å². The van der Waals surface area contributed by atoms with Crippen LogP contribution in [0.2, 0.25) is 0 Å². The van der Waals surface area contributed by atoms with Crippen molar-refractivity contribution in [2.75, 3.05) is 20.8 Å². The van der Waals surface area contributed by atoms with Gasteiger partial charge in [0.2, 0.25) is 0 Å². The van der Waals surface area contributed by atoms with Gasteiger partial charge in [-0.05, 0) is 31.5 Å². The van der Waals surface area contributed by atoms with Gasteiger partial charge in [0, 0.05) is 32.9 Å². The molecule has 138 valence electrons. The number of rotatable bonds is 8. The van der Waals surface area contributed by atoms with Crippen molar-refractivity contribution in [2.45, 2.75) is 31.5 Å². The maximum atomic E-state index is 13.1. The molecule has 1 aromatic carbocycles. The van der Waals surface area contributed by atoms with E-state index in [1.54, 1.807) is 32.8 Å². The van der Waals surface area contributed by atoms with Crippen LogP contribution in [0.15, 0.2) is 35.5 Å². The van der Waals surface area contributed by atoms with Crippen LogP contribution in [0.3, 0.4) is 0 Å². The Morgan fingerprint density at radius 2 is 2.04 bits per heavy atom. The summed E-state index contributed by atoms with van der Waals surface area (Å²) in [6.07, 6.45) is 1.53. The van der Waals surface area contributed by atoms with Crippen LogP contribution in [-0.2, 0) is 28.4 Å². The van der Waals surface area contributed by atoms with Gasteiger partial charge in [0.15, 0.2) is 5.03 Å². The van der Waals surface area contributed by atoms with E-state index in [4.69, 9.17) is 9.47 Å². The predicted octanol–water partition coefficient (Wildman–Crippen LogP) is 1.96. The van der Waals surface area contributed by atoms with E-state index in [0.29, 0.717) is 11.6 Å². The third-order valence-electron chi connectivity index (χ3n) is 4.03. The second-order valence-electron chi connectivity index (χ2n) is 5.94. The SMILES string of the molecule is COCC(C)N(Cc1cccc(OC)c1)S(=O)(=O)c1cn(C)c(C)n1. The minimum atomic E-state index is -3.76. The number of hydrogen-bond donors (Lipinski definition) is 0. The molecule has 0 radical (unpaired) electrons. The number of aromatic nitrogens is 2. The number of nitrogens with zero attached hydrogens (tertiary/aromatic N) is 3. The first kappa shape index (κ1) is 19.4. The van der Waals surface area contributed by atoms with E-state index in [1.807, 2.05) is 31.2 Å². The van der Waals surface area contributed by atoms with Crippen LogP contribution in [0, 0.1) is 6.92 Å². The second kappa shape index (κ2) is 7.99. The highest BCUT2D eigenvalue weighted by Crippen LogP contribution is 2.22. The number of methoxy groups -OCH3 is 2. The zero-order chi connectivity index (χ0) is 18.6. The molecule has 1 unspecified atom stereocenters. The molecule has 8 heteroatoms. The van der Waals surface area contributed by atoms with Gasteiger partial charge in [-0.25, -0.2) is 13.4 Å². The lowest BCUT2D eigenvalue weighted by Gasteiger charge is -2.27. The minimum absolute atomic E-state index is 0.0401. The summed E-state index contributed by atoms with van der Waals surface area (Å²) in [5.41, 5.74) is 0.832. The monoisotopic (exact) mass is 367 g/mol. The standard InChI is InChI=1S/C17H25N3O4S/c1-13(12-23-4)20(10-15-7-6-8-16(9-15)24-5)25(21,22)17-11-19(3)14(2)18-17/h6-9,11,13H,10,12H2,1-5H3. The molecule has 1 atom stereocenters. The zero-order valence-corrected chi connectivity index (χ0v) is 16.1. The van der Waals surface area contributed by atoms with E-state index in [2.05, 4.69) is 4.98 Å². The van der Waals surface area contributed by atoms with Gasteiger partial charge in [-0.3, -0.25) is 0 Å². The summed E-state index contributed by atoms with van der Waals surface area (Å²) >= 11 is 0. The highest BCUT2D eigenvalue weighted by atomic mass is 32.2.